The largest absolute Gasteiger partial charge is 0.151 e. The van der Waals surface area contributed by atoms with Crippen LogP contribution in [-0.2, 0) is 0 Å². The molecule has 0 aromatic carbocycles. The summed E-state index contributed by atoms with van der Waals surface area (Å²) in [6, 6.07) is 0.154. The molecule has 0 aromatic heterocycles. The highest BCUT2D eigenvalue weighted by Gasteiger charge is 2.27. The van der Waals surface area contributed by atoms with Crippen molar-refractivity contribution < 1.29 is 0 Å². The predicted molar refractivity (Wildman–Crippen MR) is 55.7 cm³/mol. The minimum Gasteiger partial charge on any atom is -0.151 e. The molecule has 1 aliphatic rings. The van der Waals surface area contributed by atoms with Crippen molar-refractivity contribution in [1.29, 1.82) is 0 Å². The highest BCUT2D eigenvalue weighted by Crippen LogP contribution is 2.32. The van der Waals surface area contributed by atoms with Gasteiger partial charge in [0.15, 0.2) is 0 Å². The second kappa shape index (κ2) is 6.11. The third-order valence-electron chi connectivity index (χ3n) is 3.18. The molecular weight excluding hydrogens is 162 g/mol. The molecule has 13 heavy (non-hydrogen) atoms. The van der Waals surface area contributed by atoms with Crippen LogP contribution >= 0.6 is 0 Å². The maximum atomic E-state index is 10.5. The molecule has 76 valence electrons. The van der Waals surface area contributed by atoms with Crippen LogP contribution in [-0.4, -0.2) is 6.04 Å². The zero-order chi connectivity index (χ0) is 9.52. The molecule has 1 rings (SSSR count). The van der Waals surface area contributed by atoms with Crippen LogP contribution in [0.4, 0.5) is 0 Å². The summed E-state index contributed by atoms with van der Waals surface area (Å²) < 4.78 is 0. The van der Waals surface area contributed by atoms with Gasteiger partial charge >= 0.3 is 0 Å². The Labute approximate surface area is 81.1 Å². The van der Waals surface area contributed by atoms with Crippen LogP contribution in [0.25, 0.3) is 0 Å². The van der Waals surface area contributed by atoms with E-state index in [0.717, 1.165) is 6.42 Å². The molecule has 2 nitrogen and oxygen atoms in total. The Balaban J connectivity index is 2.09. The van der Waals surface area contributed by atoms with Gasteiger partial charge in [-0.05, 0) is 25.2 Å². The molecule has 1 fully saturated rings. The van der Waals surface area contributed by atoms with Crippen molar-refractivity contribution in [3.63, 3.8) is 0 Å². The Kier molecular flexibility index (Phi) is 5.02. The minimum absolute atomic E-state index is 0.154. The Morgan fingerprint density at radius 3 is 2.77 bits per heavy atom. The Hall–Kier alpha value is -0.400. The Morgan fingerprint density at radius 2 is 2.08 bits per heavy atom. The second-order valence-electron chi connectivity index (χ2n) is 4.21. The summed E-state index contributed by atoms with van der Waals surface area (Å²) in [5, 5.41) is 3.22. The van der Waals surface area contributed by atoms with Crippen molar-refractivity contribution in [2.45, 2.75) is 64.3 Å². The van der Waals surface area contributed by atoms with E-state index >= 15 is 0 Å². The quantitative estimate of drug-likeness (QED) is 0.453. The van der Waals surface area contributed by atoms with E-state index in [9.17, 15) is 4.91 Å². The van der Waals surface area contributed by atoms with Gasteiger partial charge in [-0.25, -0.2) is 0 Å². The lowest BCUT2D eigenvalue weighted by atomic mass is 9.96. The third kappa shape index (κ3) is 3.45. The number of unbranched alkanes of at least 4 members (excludes halogenated alkanes) is 3. The standard InChI is InChI=1S/C11H21NO/c1-2-3-4-5-7-10-8-6-9-11(10)12-13/h10-11H,2-9H2,1H3. The van der Waals surface area contributed by atoms with Gasteiger partial charge in [-0.15, -0.1) is 0 Å². The lowest BCUT2D eigenvalue weighted by Gasteiger charge is -2.12. The molecule has 1 saturated carbocycles. The molecule has 0 amide bonds. The maximum Gasteiger partial charge on any atom is 0.0947 e. The van der Waals surface area contributed by atoms with Crippen molar-refractivity contribution >= 4 is 0 Å². The van der Waals surface area contributed by atoms with Crippen molar-refractivity contribution in [1.82, 2.24) is 0 Å². The summed E-state index contributed by atoms with van der Waals surface area (Å²) in [5.41, 5.74) is 0. The first-order valence-corrected chi connectivity index (χ1v) is 5.71. The molecular formula is C11H21NO. The van der Waals surface area contributed by atoms with Crippen LogP contribution in [0.3, 0.4) is 0 Å². The first kappa shape index (κ1) is 10.7. The topological polar surface area (TPSA) is 29.4 Å². The minimum atomic E-state index is 0.154. The third-order valence-corrected chi connectivity index (χ3v) is 3.18. The molecule has 0 heterocycles. The normalized spacial score (nSPS) is 27.8. The zero-order valence-electron chi connectivity index (χ0n) is 8.67. The molecule has 0 aliphatic heterocycles. The summed E-state index contributed by atoms with van der Waals surface area (Å²) in [6.45, 7) is 2.23. The van der Waals surface area contributed by atoms with Crippen molar-refractivity contribution in [3.05, 3.63) is 4.91 Å². The molecule has 0 saturated heterocycles. The van der Waals surface area contributed by atoms with Gasteiger partial charge in [-0.3, -0.25) is 0 Å². The molecule has 0 spiro atoms. The summed E-state index contributed by atoms with van der Waals surface area (Å²) >= 11 is 0. The van der Waals surface area contributed by atoms with Crippen molar-refractivity contribution in [2.24, 2.45) is 11.1 Å². The molecule has 1 aliphatic carbocycles. The summed E-state index contributed by atoms with van der Waals surface area (Å²) in [4.78, 5) is 10.5. The number of nitroso groups, excluding NO2 is 1. The fourth-order valence-electron chi connectivity index (χ4n) is 2.33. The second-order valence-corrected chi connectivity index (χ2v) is 4.21. The maximum absolute atomic E-state index is 10.5. The highest BCUT2D eigenvalue weighted by molar-refractivity contribution is 4.82. The average Bonchev–Trinajstić information content (AvgIpc) is 2.60. The van der Waals surface area contributed by atoms with Gasteiger partial charge in [0.25, 0.3) is 0 Å². The zero-order valence-corrected chi connectivity index (χ0v) is 8.67. The lowest BCUT2D eigenvalue weighted by Crippen LogP contribution is -2.10. The van der Waals surface area contributed by atoms with E-state index in [1.807, 2.05) is 0 Å². The summed E-state index contributed by atoms with van der Waals surface area (Å²) in [5.74, 6) is 0.620. The van der Waals surface area contributed by atoms with Crippen LogP contribution in [0.15, 0.2) is 5.18 Å². The highest BCUT2D eigenvalue weighted by atomic mass is 16.3. The molecule has 2 unspecified atom stereocenters. The molecule has 0 radical (unpaired) electrons. The van der Waals surface area contributed by atoms with Gasteiger partial charge in [0.2, 0.25) is 0 Å². The molecule has 0 bridgehead atoms. The van der Waals surface area contributed by atoms with Crippen LogP contribution in [0.5, 0.6) is 0 Å². The molecule has 2 heteroatoms. The van der Waals surface area contributed by atoms with Gasteiger partial charge in [0.1, 0.15) is 0 Å². The first-order chi connectivity index (χ1) is 6.38. The van der Waals surface area contributed by atoms with Crippen molar-refractivity contribution in [3.8, 4) is 0 Å². The van der Waals surface area contributed by atoms with E-state index in [1.165, 1.54) is 44.9 Å². The van der Waals surface area contributed by atoms with Crippen LogP contribution in [0, 0.1) is 10.8 Å². The fourth-order valence-corrected chi connectivity index (χ4v) is 2.33. The number of hydrogen-bond donors (Lipinski definition) is 0. The molecule has 2 atom stereocenters. The van der Waals surface area contributed by atoms with Gasteiger partial charge in [0.05, 0.1) is 6.04 Å². The van der Waals surface area contributed by atoms with E-state index in [0.29, 0.717) is 5.92 Å². The number of rotatable bonds is 6. The van der Waals surface area contributed by atoms with E-state index in [2.05, 4.69) is 12.1 Å². The molecule has 0 N–H and O–H groups in total. The van der Waals surface area contributed by atoms with Gasteiger partial charge < -0.3 is 0 Å². The average molecular weight is 183 g/mol. The van der Waals surface area contributed by atoms with E-state index in [1.54, 1.807) is 0 Å². The monoisotopic (exact) mass is 183 g/mol. The lowest BCUT2D eigenvalue weighted by molar-refractivity contribution is 0.422. The smallest absolute Gasteiger partial charge is 0.0947 e. The van der Waals surface area contributed by atoms with E-state index < -0.39 is 0 Å². The SMILES string of the molecule is CCCCCCC1CCCC1N=O. The van der Waals surface area contributed by atoms with E-state index in [4.69, 9.17) is 0 Å². The number of nitrogens with zero attached hydrogens (tertiary/aromatic N) is 1. The van der Waals surface area contributed by atoms with Crippen LogP contribution in [0.2, 0.25) is 0 Å². The summed E-state index contributed by atoms with van der Waals surface area (Å²) in [6.07, 6.45) is 9.99. The Morgan fingerprint density at radius 1 is 1.23 bits per heavy atom. The fraction of sp³-hybridized carbons (Fsp3) is 1.00. The van der Waals surface area contributed by atoms with Gasteiger partial charge in [-0.2, -0.15) is 4.91 Å². The van der Waals surface area contributed by atoms with Crippen LogP contribution < -0.4 is 0 Å². The van der Waals surface area contributed by atoms with Crippen LogP contribution in [0.1, 0.15) is 58.3 Å². The van der Waals surface area contributed by atoms with Crippen molar-refractivity contribution in [2.75, 3.05) is 0 Å². The van der Waals surface area contributed by atoms with E-state index in [-0.39, 0.29) is 6.04 Å². The van der Waals surface area contributed by atoms with Gasteiger partial charge in [-0.1, -0.05) is 44.2 Å². The predicted octanol–water partition coefficient (Wildman–Crippen LogP) is 3.89. The van der Waals surface area contributed by atoms with Gasteiger partial charge in [0, 0.05) is 0 Å². The number of hydrogen-bond acceptors (Lipinski definition) is 2. The first-order valence-electron chi connectivity index (χ1n) is 5.71. The molecule has 0 aromatic rings. The summed E-state index contributed by atoms with van der Waals surface area (Å²) in [7, 11) is 0. The Bertz CT molecular complexity index is 147.